The smallest absolute Gasteiger partial charge is 0.319 e. The molecule has 0 heterocycles. The normalized spacial score (nSPS) is 20.2. The van der Waals surface area contributed by atoms with E-state index in [2.05, 4.69) is 10.6 Å². The zero-order valence-corrected chi connectivity index (χ0v) is 14.1. The Morgan fingerprint density at radius 3 is 2.79 bits per heavy atom. The van der Waals surface area contributed by atoms with Gasteiger partial charge in [0.05, 0.1) is 5.75 Å². The minimum atomic E-state index is -0.980. The number of carbonyl (C=O) groups is 1. The van der Waals surface area contributed by atoms with Crippen LogP contribution in [0.2, 0.25) is 0 Å². The van der Waals surface area contributed by atoms with Crippen LogP contribution in [-0.2, 0) is 16.6 Å². The molecule has 0 radical (unpaired) electrons. The van der Waals surface area contributed by atoms with Gasteiger partial charge >= 0.3 is 6.03 Å². The molecular formula is C18H19FN2O2S. The molecule has 1 fully saturated rings. The number of amides is 2. The average molecular weight is 346 g/mol. The predicted octanol–water partition coefficient (Wildman–Crippen LogP) is 3.38. The van der Waals surface area contributed by atoms with Gasteiger partial charge in [0, 0.05) is 34.7 Å². The summed E-state index contributed by atoms with van der Waals surface area (Å²) in [4.78, 5) is 12.2. The lowest BCUT2D eigenvalue weighted by molar-refractivity contribution is 0.251. The summed E-state index contributed by atoms with van der Waals surface area (Å²) in [6.07, 6.45) is 2.43. The first kappa shape index (κ1) is 16.6. The van der Waals surface area contributed by atoms with Gasteiger partial charge in [0.1, 0.15) is 5.82 Å². The van der Waals surface area contributed by atoms with Crippen LogP contribution in [0.5, 0.6) is 0 Å². The van der Waals surface area contributed by atoms with Gasteiger partial charge in [-0.25, -0.2) is 9.18 Å². The highest BCUT2D eigenvalue weighted by Crippen LogP contribution is 2.40. The van der Waals surface area contributed by atoms with Gasteiger partial charge in [-0.3, -0.25) is 4.21 Å². The second-order valence-corrected chi connectivity index (χ2v) is 7.41. The molecule has 3 rings (SSSR count). The van der Waals surface area contributed by atoms with Gasteiger partial charge in [0.2, 0.25) is 0 Å². The summed E-state index contributed by atoms with van der Waals surface area (Å²) in [7, 11) is -0.980. The molecule has 0 aromatic heterocycles. The van der Waals surface area contributed by atoms with Crippen molar-refractivity contribution in [2.45, 2.75) is 24.1 Å². The van der Waals surface area contributed by atoms with Crippen molar-refractivity contribution in [3.63, 3.8) is 0 Å². The average Bonchev–Trinajstić information content (AvgIpc) is 3.28. The van der Waals surface area contributed by atoms with E-state index in [9.17, 15) is 13.4 Å². The zero-order chi connectivity index (χ0) is 17.1. The molecule has 0 saturated heterocycles. The maximum Gasteiger partial charge on any atom is 0.319 e. The Balaban J connectivity index is 1.59. The van der Waals surface area contributed by atoms with E-state index in [0.29, 0.717) is 11.4 Å². The maximum absolute atomic E-state index is 13.3. The SMILES string of the molecule is C[S@](=O)Cc1ccccc1NC(=O)N[C@@H]1C[C@H]1c1cccc(F)c1. The van der Waals surface area contributed by atoms with Crippen molar-refractivity contribution in [2.24, 2.45) is 0 Å². The van der Waals surface area contributed by atoms with Crippen LogP contribution in [0.25, 0.3) is 0 Å². The fraction of sp³-hybridized carbons (Fsp3) is 0.278. The van der Waals surface area contributed by atoms with E-state index < -0.39 is 10.8 Å². The van der Waals surface area contributed by atoms with Gasteiger partial charge in [-0.15, -0.1) is 0 Å². The van der Waals surface area contributed by atoms with Gasteiger partial charge in [0.25, 0.3) is 0 Å². The molecule has 0 aliphatic heterocycles. The summed E-state index contributed by atoms with van der Waals surface area (Å²) in [6.45, 7) is 0. The molecule has 0 spiro atoms. The van der Waals surface area contributed by atoms with Gasteiger partial charge in [-0.2, -0.15) is 0 Å². The third kappa shape index (κ3) is 4.20. The second kappa shape index (κ2) is 7.13. The molecule has 0 bridgehead atoms. The van der Waals surface area contributed by atoms with Crippen LogP contribution in [0.4, 0.5) is 14.9 Å². The Morgan fingerprint density at radius 2 is 2.04 bits per heavy atom. The van der Waals surface area contributed by atoms with Gasteiger partial charge in [0.15, 0.2) is 0 Å². The number of carbonyl (C=O) groups excluding carboxylic acids is 1. The third-order valence-electron chi connectivity index (χ3n) is 4.01. The van der Waals surface area contributed by atoms with E-state index in [4.69, 9.17) is 0 Å². The molecule has 2 amide bonds. The summed E-state index contributed by atoms with van der Waals surface area (Å²) in [5.41, 5.74) is 2.40. The molecule has 1 aliphatic rings. The largest absolute Gasteiger partial charge is 0.334 e. The van der Waals surface area contributed by atoms with Crippen LogP contribution in [-0.4, -0.2) is 22.5 Å². The van der Waals surface area contributed by atoms with Crippen molar-refractivity contribution >= 4 is 22.5 Å². The fourth-order valence-corrected chi connectivity index (χ4v) is 3.46. The van der Waals surface area contributed by atoms with Crippen LogP contribution in [0.15, 0.2) is 48.5 Å². The number of nitrogens with one attached hydrogen (secondary N) is 2. The first-order chi connectivity index (χ1) is 11.5. The van der Waals surface area contributed by atoms with Crippen molar-refractivity contribution in [3.05, 3.63) is 65.5 Å². The van der Waals surface area contributed by atoms with Crippen molar-refractivity contribution < 1.29 is 13.4 Å². The van der Waals surface area contributed by atoms with Gasteiger partial charge < -0.3 is 10.6 Å². The number of hydrogen-bond acceptors (Lipinski definition) is 2. The van der Waals surface area contributed by atoms with E-state index in [1.165, 1.54) is 12.1 Å². The fourth-order valence-electron chi connectivity index (χ4n) is 2.77. The van der Waals surface area contributed by atoms with Crippen LogP contribution in [0, 0.1) is 5.82 Å². The Bertz CT molecular complexity index is 781. The number of para-hydroxylation sites is 1. The molecule has 2 N–H and O–H groups in total. The number of urea groups is 1. The van der Waals surface area contributed by atoms with Gasteiger partial charge in [-0.05, 0) is 35.7 Å². The predicted molar refractivity (Wildman–Crippen MR) is 93.9 cm³/mol. The summed E-state index contributed by atoms with van der Waals surface area (Å²) in [5.74, 6) is 0.292. The topological polar surface area (TPSA) is 58.2 Å². The van der Waals surface area contributed by atoms with Crippen LogP contribution in [0.3, 0.4) is 0 Å². The Morgan fingerprint density at radius 1 is 1.25 bits per heavy atom. The Hall–Kier alpha value is -2.21. The number of hydrogen-bond donors (Lipinski definition) is 2. The number of anilines is 1. The summed E-state index contributed by atoms with van der Waals surface area (Å²) >= 11 is 0. The summed E-state index contributed by atoms with van der Waals surface area (Å²) in [6, 6.07) is 13.5. The first-order valence-electron chi connectivity index (χ1n) is 7.74. The van der Waals surface area contributed by atoms with Crippen molar-refractivity contribution in [1.29, 1.82) is 0 Å². The lowest BCUT2D eigenvalue weighted by atomic mass is 10.1. The summed E-state index contributed by atoms with van der Waals surface area (Å²) in [5, 5.41) is 5.71. The first-order valence-corrected chi connectivity index (χ1v) is 9.46. The number of rotatable bonds is 5. The van der Waals surface area contributed by atoms with E-state index in [-0.39, 0.29) is 23.8 Å². The second-order valence-electron chi connectivity index (χ2n) is 5.98. The highest BCUT2D eigenvalue weighted by molar-refractivity contribution is 7.83. The number of halogens is 1. The van der Waals surface area contributed by atoms with Crippen molar-refractivity contribution in [3.8, 4) is 0 Å². The lowest BCUT2D eigenvalue weighted by Crippen LogP contribution is -2.31. The third-order valence-corrected chi connectivity index (χ3v) is 4.73. The maximum atomic E-state index is 13.3. The van der Waals surface area contributed by atoms with Crippen LogP contribution >= 0.6 is 0 Å². The lowest BCUT2D eigenvalue weighted by Gasteiger charge is -2.11. The van der Waals surface area contributed by atoms with Gasteiger partial charge in [-0.1, -0.05) is 30.3 Å². The molecule has 2 aromatic carbocycles. The standard InChI is InChI=1S/C18H19FN2O2S/c1-24(23)11-13-5-2-3-8-16(13)20-18(22)21-17-10-15(17)12-6-4-7-14(19)9-12/h2-9,15,17H,10-11H2,1H3,(H2,20,21,22)/t15-,17+,24-/m0/s1. The molecular weight excluding hydrogens is 327 g/mol. The Labute approximate surface area is 142 Å². The quantitative estimate of drug-likeness (QED) is 0.872. The molecule has 126 valence electrons. The molecule has 6 heteroatoms. The van der Waals surface area contributed by atoms with E-state index in [1.54, 1.807) is 18.4 Å². The molecule has 1 aliphatic carbocycles. The van der Waals surface area contributed by atoms with E-state index in [0.717, 1.165) is 17.5 Å². The minimum Gasteiger partial charge on any atom is -0.334 e. The monoisotopic (exact) mass is 346 g/mol. The van der Waals surface area contributed by atoms with Crippen molar-refractivity contribution in [2.75, 3.05) is 11.6 Å². The van der Waals surface area contributed by atoms with Crippen molar-refractivity contribution in [1.82, 2.24) is 5.32 Å². The molecule has 24 heavy (non-hydrogen) atoms. The molecule has 2 aromatic rings. The molecule has 4 nitrogen and oxygen atoms in total. The Kier molecular flexibility index (Phi) is 4.94. The molecule has 3 atom stereocenters. The summed E-state index contributed by atoms with van der Waals surface area (Å²) < 4.78 is 24.7. The molecule has 1 saturated carbocycles. The number of benzene rings is 2. The van der Waals surface area contributed by atoms with E-state index in [1.807, 2.05) is 24.3 Å². The highest BCUT2D eigenvalue weighted by atomic mass is 32.2. The van der Waals surface area contributed by atoms with Crippen LogP contribution in [0.1, 0.15) is 23.5 Å². The van der Waals surface area contributed by atoms with E-state index >= 15 is 0 Å². The minimum absolute atomic E-state index is 0.0132. The zero-order valence-electron chi connectivity index (χ0n) is 13.3. The molecule has 0 unspecified atom stereocenters. The van der Waals surface area contributed by atoms with Crippen LogP contribution < -0.4 is 10.6 Å². The highest BCUT2D eigenvalue weighted by Gasteiger charge is 2.39.